The molecule has 4 fully saturated rings. The summed E-state index contributed by atoms with van der Waals surface area (Å²) in [5.74, 6) is -0.920. The van der Waals surface area contributed by atoms with E-state index < -0.39 is 40.6 Å². The zero-order valence-electron chi connectivity index (χ0n) is 26.7. The van der Waals surface area contributed by atoms with Crippen LogP contribution in [0, 0.1) is 18.2 Å². The number of nitrogen functional groups attached to an aromatic ring is 1. The maximum Gasteiger partial charge on any atom is 0.418 e. The van der Waals surface area contributed by atoms with Crippen LogP contribution < -0.4 is 25.4 Å². The summed E-state index contributed by atoms with van der Waals surface area (Å²) in [5.41, 5.74) is 3.67. The van der Waals surface area contributed by atoms with Gasteiger partial charge >= 0.3 is 12.2 Å². The Balaban J connectivity index is 1.23. The fourth-order valence-corrected chi connectivity index (χ4v) is 8.10. The molecule has 1 aliphatic carbocycles. The van der Waals surface area contributed by atoms with Gasteiger partial charge in [-0.1, -0.05) is 0 Å². The number of fused-ring (bicyclic) bond motifs is 5. The van der Waals surface area contributed by atoms with E-state index in [1.807, 2.05) is 6.92 Å². The second kappa shape index (κ2) is 11.4. The van der Waals surface area contributed by atoms with Crippen molar-refractivity contribution in [2.45, 2.75) is 82.8 Å². The van der Waals surface area contributed by atoms with Crippen molar-refractivity contribution in [2.75, 3.05) is 43.4 Å². The van der Waals surface area contributed by atoms with Crippen LogP contribution in [0.1, 0.15) is 56.7 Å². The van der Waals surface area contributed by atoms with Crippen LogP contribution in [0.3, 0.4) is 0 Å². The minimum atomic E-state index is -4.86. The lowest BCUT2D eigenvalue weighted by Gasteiger charge is -2.42. The van der Waals surface area contributed by atoms with Crippen molar-refractivity contribution in [1.29, 1.82) is 0 Å². The van der Waals surface area contributed by atoms with Crippen LogP contribution in [-0.4, -0.2) is 81.9 Å². The lowest BCUT2D eigenvalue weighted by molar-refractivity contribution is -0.137. The lowest BCUT2D eigenvalue weighted by atomic mass is 9.99. The highest BCUT2D eigenvalue weighted by atomic mass is 19.4. The number of likely N-dealkylation sites (tertiary alicyclic amines) is 1. The zero-order valence-corrected chi connectivity index (χ0v) is 26.7. The van der Waals surface area contributed by atoms with Crippen LogP contribution in [0.2, 0.25) is 0 Å². The number of aryl methyl sites for hydroxylation is 1. The van der Waals surface area contributed by atoms with Crippen molar-refractivity contribution in [2.24, 2.45) is 5.41 Å². The van der Waals surface area contributed by atoms with E-state index in [9.17, 15) is 17.6 Å². The number of hydrogen-bond acceptors (Lipinski definition) is 10. The Morgan fingerprint density at radius 3 is 2.62 bits per heavy atom. The number of hydrogen-bond donors (Lipinski definition) is 2. The summed E-state index contributed by atoms with van der Waals surface area (Å²) in [6, 6.07) is 0.980. The highest BCUT2D eigenvalue weighted by Gasteiger charge is 2.48. The number of nitrogens with zero attached hydrogens (tertiary/aromatic N) is 6. The normalized spacial score (nSPS) is 26.2. The van der Waals surface area contributed by atoms with Gasteiger partial charge in [0.15, 0.2) is 5.82 Å². The minimum Gasteiger partial charge on any atom is -0.472 e. The molecule has 0 radical (unpaired) electrons. The summed E-state index contributed by atoms with van der Waals surface area (Å²) < 4.78 is 85.6. The molecule has 256 valence electrons. The number of aromatic nitrogens is 4. The maximum atomic E-state index is 16.8. The van der Waals surface area contributed by atoms with E-state index >= 15 is 4.39 Å². The van der Waals surface area contributed by atoms with E-state index in [-0.39, 0.29) is 58.8 Å². The predicted octanol–water partition coefficient (Wildman–Crippen LogP) is 5.33. The molecule has 0 unspecified atom stereocenters. The molecular weight excluding hydrogens is 635 g/mol. The van der Waals surface area contributed by atoms with E-state index in [1.165, 1.54) is 6.92 Å². The van der Waals surface area contributed by atoms with Gasteiger partial charge in [-0.25, -0.2) is 18.7 Å². The third-order valence-electron chi connectivity index (χ3n) is 10.7. The van der Waals surface area contributed by atoms with E-state index in [0.717, 1.165) is 57.0 Å². The van der Waals surface area contributed by atoms with E-state index in [4.69, 9.17) is 20.2 Å². The van der Waals surface area contributed by atoms with Crippen LogP contribution >= 0.6 is 0 Å². The average Bonchev–Trinajstić information content (AvgIpc) is 3.73. The van der Waals surface area contributed by atoms with Gasteiger partial charge in [0.25, 0.3) is 0 Å². The van der Waals surface area contributed by atoms with E-state index in [0.29, 0.717) is 31.5 Å². The van der Waals surface area contributed by atoms with Gasteiger partial charge in [-0.05, 0) is 64.0 Å². The molecule has 4 atom stereocenters. The number of ether oxygens (including phenoxy) is 2. The van der Waals surface area contributed by atoms with Crippen LogP contribution in [0.4, 0.5) is 33.6 Å². The summed E-state index contributed by atoms with van der Waals surface area (Å²) in [6.07, 6.45) is 0.494. The van der Waals surface area contributed by atoms with Gasteiger partial charge in [-0.3, -0.25) is 0 Å². The first kappa shape index (κ1) is 31.4. The average molecular weight is 673 g/mol. The Bertz CT molecular complexity index is 1810. The lowest BCUT2D eigenvalue weighted by Crippen LogP contribution is -2.62. The van der Waals surface area contributed by atoms with Gasteiger partial charge in [0.05, 0.1) is 30.2 Å². The number of anilines is 2. The molecule has 0 spiro atoms. The summed E-state index contributed by atoms with van der Waals surface area (Å²) in [4.78, 5) is 21.9. The SMILES string of the molecule is Cc1nc(N)cc(-c2nc3c4c(nc(OCC5(CN6CCC(=CF)CC6)CC5)nc4c2F)N2C[C@H]4CC[C@H](N4)[C@H]2[C@H](C)O3)c1C(F)(F)F. The minimum absolute atomic E-state index is 0.0488. The molecule has 3 N–H and O–H groups in total. The maximum absolute atomic E-state index is 16.8. The molecule has 0 aromatic carbocycles. The van der Waals surface area contributed by atoms with Gasteiger partial charge in [-0.15, -0.1) is 0 Å². The topological polar surface area (TPSA) is 115 Å². The van der Waals surface area contributed by atoms with Crippen molar-refractivity contribution < 1.29 is 31.4 Å². The Hall–Kier alpha value is -3.85. The first-order valence-electron chi connectivity index (χ1n) is 16.5. The number of nitrogens with two attached hydrogens (primary N) is 1. The quantitative estimate of drug-likeness (QED) is 0.333. The predicted molar refractivity (Wildman–Crippen MR) is 168 cm³/mol. The third kappa shape index (κ3) is 5.38. The Kier molecular flexibility index (Phi) is 7.44. The van der Waals surface area contributed by atoms with Gasteiger partial charge in [0.1, 0.15) is 34.3 Å². The standard InChI is InChI=1S/C33H37F5N8O2/c1-16-24(33(36,37)38)20(11-22(39)40-16)26-25(35)27-23-29(46-13-19-3-4-21(41-19)28(46)17(2)48-30(23)42-26)44-31(43-27)47-15-32(7-8-32)14-45-9-5-18(12-34)6-10-45/h11-12,17,19,21,28,41H,3-10,13-15H2,1-2H3,(H2,39,40)/t17-,19+,21-,28+/m0/s1. The number of piperazine rings is 1. The summed E-state index contributed by atoms with van der Waals surface area (Å²) in [6.45, 7) is 6.23. The first-order valence-corrected chi connectivity index (χ1v) is 16.5. The summed E-state index contributed by atoms with van der Waals surface area (Å²) in [7, 11) is 0. The molecule has 1 saturated carbocycles. The third-order valence-corrected chi connectivity index (χ3v) is 10.7. The van der Waals surface area contributed by atoms with E-state index in [2.05, 4.69) is 30.1 Å². The molecule has 0 amide bonds. The molecular formula is C33H37F5N8O2. The largest absolute Gasteiger partial charge is 0.472 e. The zero-order chi connectivity index (χ0) is 33.5. The smallest absolute Gasteiger partial charge is 0.418 e. The number of piperidine rings is 1. The highest BCUT2D eigenvalue weighted by Crippen LogP contribution is 2.49. The van der Waals surface area contributed by atoms with Crippen molar-refractivity contribution >= 4 is 22.5 Å². The Morgan fingerprint density at radius 1 is 1.15 bits per heavy atom. The number of pyridine rings is 2. The molecule has 7 heterocycles. The second-order valence-corrected chi connectivity index (χ2v) is 14.0. The van der Waals surface area contributed by atoms with Gasteiger partial charge in [-0.2, -0.15) is 23.1 Å². The number of halogens is 5. The van der Waals surface area contributed by atoms with Crippen molar-refractivity contribution in [3.63, 3.8) is 0 Å². The Morgan fingerprint density at radius 2 is 1.92 bits per heavy atom. The molecule has 15 heteroatoms. The molecule has 3 aromatic heterocycles. The molecule has 2 bridgehead atoms. The molecule has 10 nitrogen and oxygen atoms in total. The van der Waals surface area contributed by atoms with Crippen molar-refractivity contribution in [3.05, 3.63) is 35.0 Å². The monoisotopic (exact) mass is 672 g/mol. The molecule has 3 aromatic rings. The van der Waals surface area contributed by atoms with Crippen LogP contribution in [0.25, 0.3) is 22.2 Å². The van der Waals surface area contributed by atoms with Crippen molar-refractivity contribution in [3.8, 4) is 23.1 Å². The molecule has 8 rings (SSSR count). The van der Waals surface area contributed by atoms with Crippen LogP contribution in [-0.2, 0) is 6.18 Å². The molecule has 5 aliphatic rings. The highest BCUT2D eigenvalue weighted by molar-refractivity contribution is 5.97. The van der Waals surface area contributed by atoms with Gasteiger partial charge in [0, 0.05) is 49.2 Å². The number of alkyl halides is 3. The Labute approximate surface area is 273 Å². The second-order valence-electron chi connectivity index (χ2n) is 14.0. The first-order chi connectivity index (χ1) is 22.9. The van der Waals surface area contributed by atoms with Crippen molar-refractivity contribution in [1.82, 2.24) is 30.2 Å². The van der Waals surface area contributed by atoms with Gasteiger partial charge in [0.2, 0.25) is 5.88 Å². The summed E-state index contributed by atoms with van der Waals surface area (Å²) in [5, 5.41) is 3.83. The molecule has 48 heavy (non-hydrogen) atoms. The van der Waals surface area contributed by atoms with E-state index in [1.54, 1.807) is 0 Å². The molecule has 4 aliphatic heterocycles. The summed E-state index contributed by atoms with van der Waals surface area (Å²) >= 11 is 0. The fourth-order valence-electron chi connectivity index (χ4n) is 8.10. The van der Waals surface area contributed by atoms with Gasteiger partial charge < -0.3 is 30.3 Å². The number of nitrogens with one attached hydrogen (secondary N) is 1. The van der Waals surface area contributed by atoms with Crippen LogP contribution in [0.15, 0.2) is 18.0 Å². The fraction of sp³-hybridized carbons (Fsp3) is 0.576. The van der Waals surface area contributed by atoms with Crippen LogP contribution in [0.5, 0.6) is 11.9 Å². The number of rotatable bonds is 6. The molecule has 3 saturated heterocycles.